The van der Waals surface area contributed by atoms with Crippen LogP contribution in [0, 0.1) is 6.92 Å². The fourth-order valence-electron chi connectivity index (χ4n) is 6.61. The summed E-state index contributed by atoms with van der Waals surface area (Å²) < 4.78 is 28.4. The number of aryl methyl sites for hydroxylation is 1. The molecule has 4 aromatic carbocycles. The van der Waals surface area contributed by atoms with Crippen LogP contribution in [0.5, 0.6) is 0 Å². The molecule has 1 N–H and O–H groups in total. The molecule has 0 saturated heterocycles. The zero-order chi connectivity index (χ0) is 30.7. The Balaban J connectivity index is 1.25. The summed E-state index contributed by atoms with van der Waals surface area (Å²) in [7, 11) is -3.71. The zero-order valence-electron chi connectivity index (χ0n) is 25.1. The smallest absolute Gasteiger partial charge is 0.265 e. The van der Waals surface area contributed by atoms with Gasteiger partial charge in [-0.05, 0) is 60.4 Å². The zero-order valence-corrected chi connectivity index (χ0v) is 25.9. The molecular weight excluding hydrogens is 570 g/mol. The van der Waals surface area contributed by atoms with Gasteiger partial charge in [-0.15, -0.1) is 0 Å². The van der Waals surface area contributed by atoms with E-state index in [-0.39, 0.29) is 30.8 Å². The fourth-order valence-corrected chi connectivity index (χ4v) is 8.36. The number of carbonyl (C=O) groups excluding carboxylic acids is 2. The van der Waals surface area contributed by atoms with Gasteiger partial charge in [0.1, 0.15) is 6.04 Å². The quantitative estimate of drug-likeness (QED) is 0.222. The van der Waals surface area contributed by atoms with E-state index in [1.54, 1.807) is 17.0 Å². The van der Waals surface area contributed by atoms with Crippen LogP contribution in [-0.2, 0) is 32.6 Å². The van der Waals surface area contributed by atoms with Crippen LogP contribution in [0.15, 0.2) is 95.9 Å². The molecule has 1 saturated carbocycles. The van der Waals surface area contributed by atoms with Gasteiger partial charge in [0, 0.05) is 37.4 Å². The van der Waals surface area contributed by atoms with Gasteiger partial charge in [0.2, 0.25) is 11.8 Å². The van der Waals surface area contributed by atoms with Gasteiger partial charge in [-0.1, -0.05) is 91.7 Å². The highest BCUT2D eigenvalue weighted by atomic mass is 32.2. The van der Waals surface area contributed by atoms with Gasteiger partial charge in [0.05, 0.1) is 10.6 Å². The van der Waals surface area contributed by atoms with Crippen LogP contribution in [0.1, 0.15) is 55.2 Å². The van der Waals surface area contributed by atoms with Crippen molar-refractivity contribution in [1.29, 1.82) is 0 Å². The Morgan fingerprint density at radius 2 is 1.61 bits per heavy atom. The van der Waals surface area contributed by atoms with Gasteiger partial charge in [0.25, 0.3) is 10.0 Å². The number of nitrogens with zero attached hydrogens (tertiary/aromatic N) is 2. The first kappa shape index (κ1) is 29.9. The molecule has 0 radical (unpaired) electrons. The highest BCUT2D eigenvalue weighted by Gasteiger charge is 2.36. The van der Waals surface area contributed by atoms with E-state index >= 15 is 0 Å². The Kier molecular flexibility index (Phi) is 8.71. The highest BCUT2D eigenvalue weighted by Crippen LogP contribution is 2.42. The predicted octanol–water partition coefficient (Wildman–Crippen LogP) is 6.14. The van der Waals surface area contributed by atoms with Crippen LogP contribution in [0.2, 0.25) is 0 Å². The minimum atomic E-state index is -3.71. The van der Waals surface area contributed by atoms with Gasteiger partial charge in [0.15, 0.2) is 0 Å². The van der Waals surface area contributed by atoms with Crippen molar-refractivity contribution >= 4 is 38.3 Å². The number of amides is 2. The monoisotopic (exact) mass is 609 g/mol. The molecule has 1 aliphatic carbocycles. The summed E-state index contributed by atoms with van der Waals surface area (Å²) >= 11 is 0. The third-order valence-electron chi connectivity index (χ3n) is 9.01. The molecule has 1 heterocycles. The lowest BCUT2D eigenvalue weighted by atomic mass is 10.0. The number of hydrogen-bond donors (Lipinski definition) is 1. The second-order valence-electron chi connectivity index (χ2n) is 12.0. The van der Waals surface area contributed by atoms with Gasteiger partial charge in [-0.3, -0.25) is 13.9 Å². The third kappa shape index (κ3) is 6.09. The second-order valence-corrected chi connectivity index (χ2v) is 13.8. The van der Waals surface area contributed by atoms with Gasteiger partial charge >= 0.3 is 0 Å². The third-order valence-corrected chi connectivity index (χ3v) is 10.9. The van der Waals surface area contributed by atoms with E-state index in [0.717, 1.165) is 53.1 Å². The average Bonchev–Trinajstić information content (AvgIpc) is 3.61. The predicted molar refractivity (Wildman–Crippen MR) is 174 cm³/mol. The lowest BCUT2D eigenvalue weighted by Gasteiger charge is -2.33. The number of anilines is 1. The number of carbonyl (C=O) groups is 2. The maximum Gasteiger partial charge on any atom is 0.265 e. The van der Waals surface area contributed by atoms with Gasteiger partial charge in [-0.25, -0.2) is 8.42 Å². The summed E-state index contributed by atoms with van der Waals surface area (Å²) in [6, 6.07) is 28.1. The largest absolute Gasteiger partial charge is 0.352 e. The summed E-state index contributed by atoms with van der Waals surface area (Å²) in [5.74, 6) is -0.296. The number of sulfonamides is 1. The van der Waals surface area contributed by atoms with Gasteiger partial charge in [-0.2, -0.15) is 0 Å². The molecule has 6 rings (SSSR count). The summed E-state index contributed by atoms with van der Waals surface area (Å²) in [6.45, 7) is 2.49. The summed E-state index contributed by atoms with van der Waals surface area (Å²) in [4.78, 5) is 30.1. The molecule has 228 valence electrons. The van der Waals surface area contributed by atoms with Crippen LogP contribution < -0.4 is 9.62 Å². The maximum absolute atomic E-state index is 14.2. The number of benzene rings is 4. The van der Waals surface area contributed by atoms with Crippen molar-refractivity contribution < 1.29 is 18.0 Å². The molecule has 2 aliphatic rings. The van der Waals surface area contributed by atoms with Gasteiger partial charge < -0.3 is 10.2 Å². The van der Waals surface area contributed by atoms with Crippen molar-refractivity contribution in [3.8, 4) is 0 Å². The molecule has 0 bridgehead atoms. The lowest BCUT2D eigenvalue weighted by Crippen LogP contribution is -2.52. The molecule has 44 heavy (non-hydrogen) atoms. The number of hydrogen-bond acceptors (Lipinski definition) is 4. The molecule has 1 fully saturated rings. The minimum Gasteiger partial charge on any atom is -0.352 e. The molecule has 1 atom stereocenters. The Morgan fingerprint density at radius 1 is 0.909 bits per heavy atom. The Morgan fingerprint density at radius 3 is 2.36 bits per heavy atom. The Labute approximate surface area is 259 Å². The average molecular weight is 610 g/mol. The minimum absolute atomic E-state index is 0.117. The van der Waals surface area contributed by atoms with Crippen LogP contribution in [0.25, 0.3) is 10.8 Å². The van der Waals surface area contributed by atoms with Crippen LogP contribution in [-0.4, -0.2) is 43.8 Å². The van der Waals surface area contributed by atoms with Crippen molar-refractivity contribution in [2.75, 3.05) is 10.8 Å². The first-order chi connectivity index (χ1) is 21.3. The Bertz CT molecular complexity index is 1760. The Hall–Kier alpha value is -4.17. The molecule has 0 spiro atoms. The van der Waals surface area contributed by atoms with Crippen molar-refractivity contribution in [2.24, 2.45) is 0 Å². The first-order valence-electron chi connectivity index (χ1n) is 15.6. The van der Waals surface area contributed by atoms with E-state index in [0.29, 0.717) is 30.0 Å². The van der Waals surface area contributed by atoms with E-state index in [4.69, 9.17) is 0 Å². The number of rotatable bonds is 11. The molecule has 1 aliphatic heterocycles. The van der Waals surface area contributed by atoms with E-state index in [9.17, 15) is 18.0 Å². The molecule has 1 unspecified atom stereocenters. The SMILES string of the molecule is Cc1ccccc1CN(C(=O)CCCN1c2cccc3cccc(c23)S1(=O)=O)C(Cc1ccccc1)C(=O)NC1CCCC1. The van der Waals surface area contributed by atoms with Crippen LogP contribution in [0.3, 0.4) is 0 Å². The topological polar surface area (TPSA) is 86.8 Å². The molecule has 0 aromatic heterocycles. The molecule has 2 amide bonds. The van der Waals surface area contributed by atoms with Crippen molar-refractivity contribution in [3.05, 3.63) is 108 Å². The molecular formula is C36H39N3O4S. The summed E-state index contributed by atoms with van der Waals surface area (Å²) in [5.41, 5.74) is 3.67. The van der Waals surface area contributed by atoms with E-state index in [2.05, 4.69) is 5.32 Å². The highest BCUT2D eigenvalue weighted by molar-refractivity contribution is 7.93. The number of nitrogens with one attached hydrogen (secondary N) is 1. The second kappa shape index (κ2) is 12.8. The van der Waals surface area contributed by atoms with Crippen LogP contribution in [0.4, 0.5) is 5.69 Å². The standard InChI is InChI=1S/C36H39N3O4S/c1-26-12-5-6-15-29(26)25-38(32(24-27-13-3-2-4-14-27)36(41)37-30-18-7-8-19-30)34(40)22-11-23-39-31-20-9-16-28-17-10-21-33(35(28)31)44(39,42)43/h2-6,9-10,12-17,20-21,30,32H,7-8,11,18-19,22-25H2,1H3,(H,37,41). The van der Waals surface area contributed by atoms with Crippen LogP contribution >= 0.6 is 0 Å². The first-order valence-corrected chi connectivity index (χ1v) is 17.0. The van der Waals surface area contributed by atoms with Crippen molar-refractivity contribution in [1.82, 2.24) is 10.2 Å². The maximum atomic E-state index is 14.2. The normalized spacial score (nSPS) is 16.2. The van der Waals surface area contributed by atoms with E-state index in [1.165, 1.54) is 4.31 Å². The summed E-state index contributed by atoms with van der Waals surface area (Å²) in [6.07, 6.45) is 4.94. The molecule has 8 heteroatoms. The summed E-state index contributed by atoms with van der Waals surface area (Å²) in [5, 5.41) is 4.86. The van der Waals surface area contributed by atoms with E-state index in [1.807, 2.05) is 85.8 Å². The fraction of sp³-hybridized carbons (Fsp3) is 0.333. The molecule has 4 aromatic rings. The molecule has 7 nitrogen and oxygen atoms in total. The van der Waals surface area contributed by atoms with E-state index < -0.39 is 16.1 Å². The lowest BCUT2D eigenvalue weighted by molar-refractivity contribution is -0.141. The van der Waals surface area contributed by atoms with Crippen molar-refractivity contribution in [2.45, 2.75) is 75.4 Å². The van der Waals surface area contributed by atoms with Crippen molar-refractivity contribution in [3.63, 3.8) is 0 Å².